The molecule has 0 saturated carbocycles. The Hall–Kier alpha value is -3.31. The van der Waals surface area contributed by atoms with Crippen LogP contribution in [0.25, 0.3) is 0 Å². The standard InChI is InChI=1S/C23H16IN3O4S/c1-31-19-12-15(25-23(32)26-20(28)13-5-4-6-14(24)11-13)9-10-18(19)27-21(29)16-7-2-3-8-17(16)22(27)30/h2-12H,1H3,(H2,25,26,28,32). The molecular formula is C23H16IN3O4S. The van der Waals surface area contributed by atoms with E-state index >= 15 is 0 Å². The van der Waals surface area contributed by atoms with Gasteiger partial charge in [0.1, 0.15) is 5.75 Å². The summed E-state index contributed by atoms with van der Waals surface area (Å²) in [5, 5.41) is 5.64. The van der Waals surface area contributed by atoms with E-state index in [2.05, 4.69) is 33.2 Å². The van der Waals surface area contributed by atoms with E-state index < -0.39 is 11.8 Å². The number of amides is 3. The zero-order chi connectivity index (χ0) is 22.8. The van der Waals surface area contributed by atoms with Gasteiger partial charge in [-0.15, -0.1) is 0 Å². The Labute approximate surface area is 202 Å². The van der Waals surface area contributed by atoms with E-state index in [0.29, 0.717) is 33.8 Å². The number of halogens is 1. The topological polar surface area (TPSA) is 87.7 Å². The number of rotatable bonds is 4. The zero-order valence-corrected chi connectivity index (χ0v) is 19.7. The first kappa shape index (κ1) is 21.9. The maximum atomic E-state index is 12.8. The number of carbonyl (C=O) groups is 3. The van der Waals surface area contributed by atoms with Crippen molar-refractivity contribution in [1.29, 1.82) is 0 Å². The molecule has 3 aromatic rings. The summed E-state index contributed by atoms with van der Waals surface area (Å²) in [5.41, 5.74) is 2.02. The van der Waals surface area contributed by atoms with Crippen molar-refractivity contribution in [2.24, 2.45) is 0 Å². The number of fused-ring (bicyclic) bond motifs is 1. The van der Waals surface area contributed by atoms with Crippen LogP contribution >= 0.6 is 34.8 Å². The van der Waals surface area contributed by atoms with Crippen molar-refractivity contribution < 1.29 is 19.1 Å². The normalized spacial score (nSPS) is 12.4. The van der Waals surface area contributed by atoms with Crippen LogP contribution in [-0.4, -0.2) is 29.9 Å². The molecule has 2 N–H and O–H groups in total. The van der Waals surface area contributed by atoms with Crippen molar-refractivity contribution in [3.05, 3.63) is 87.0 Å². The quantitative estimate of drug-likeness (QED) is 0.284. The molecule has 1 aliphatic rings. The summed E-state index contributed by atoms with van der Waals surface area (Å²) in [6, 6.07) is 18.6. The van der Waals surface area contributed by atoms with Gasteiger partial charge in [-0.2, -0.15) is 0 Å². The molecule has 9 heteroatoms. The largest absolute Gasteiger partial charge is 0.494 e. The van der Waals surface area contributed by atoms with Gasteiger partial charge >= 0.3 is 0 Å². The Kier molecular flexibility index (Phi) is 6.19. The van der Waals surface area contributed by atoms with E-state index in [4.69, 9.17) is 17.0 Å². The molecular weight excluding hydrogens is 541 g/mol. The van der Waals surface area contributed by atoms with Crippen LogP contribution in [0.3, 0.4) is 0 Å². The molecule has 0 unspecified atom stereocenters. The minimum atomic E-state index is -0.412. The summed E-state index contributed by atoms with van der Waals surface area (Å²) in [4.78, 5) is 39.0. The molecule has 0 aliphatic carbocycles. The summed E-state index contributed by atoms with van der Waals surface area (Å²) in [7, 11) is 1.44. The fraction of sp³-hybridized carbons (Fsp3) is 0.0435. The average molecular weight is 557 g/mol. The number of carbonyl (C=O) groups excluding carboxylic acids is 3. The number of hydrogen-bond acceptors (Lipinski definition) is 5. The molecule has 1 heterocycles. The number of anilines is 2. The lowest BCUT2D eigenvalue weighted by atomic mass is 10.1. The van der Waals surface area contributed by atoms with Crippen molar-refractivity contribution in [3.63, 3.8) is 0 Å². The predicted octanol–water partition coefficient (Wildman–Crippen LogP) is 4.23. The van der Waals surface area contributed by atoms with Crippen molar-refractivity contribution in [2.45, 2.75) is 0 Å². The number of nitrogens with zero attached hydrogens (tertiary/aromatic N) is 1. The van der Waals surface area contributed by atoms with E-state index in [1.807, 2.05) is 6.07 Å². The van der Waals surface area contributed by atoms with Gasteiger partial charge in [0.25, 0.3) is 17.7 Å². The van der Waals surface area contributed by atoms with Gasteiger partial charge in [0.15, 0.2) is 5.11 Å². The number of imide groups is 1. The fourth-order valence-corrected chi connectivity index (χ4v) is 4.07. The number of methoxy groups -OCH3 is 1. The first-order chi connectivity index (χ1) is 15.4. The van der Waals surface area contributed by atoms with Gasteiger partial charge in [0.05, 0.1) is 23.9 Å². The van der Waals surface area contributed by atoms with Crippen LogP contribution in [0.4, 0.5) is 11.4 Å². The molecule has 0 fully saturated rings. The molecule has 3 aromatic carbocycles. The third-order valence-corrected chi connectivity index (χ3v) is 5.66. The highest BCUT2D eigenvalue weighted by Gasteiger charge is 2.37. The van der Waals surface area contributed by atoms with Gasteiger partial charge in [0.2, 0.25) is 0 Å². The van der Waals surface area contributed by atoms with Gasteiger partial charge in [-0.05, 0) is 77.3 Å². The monoisotopic (exact) mass is 557 g/mol. The van der Waals surface area contributed by atoms with Crippen molar-refractivity contribution in [1.82, 2.24) is 5.32 Å². The Morgan fingerprint density at radius 3 is 2.28 bits per heavy atom. The molecule has 7 nitrogen and oxygen atoms in total. The number of ether oxygens (including phenoxy) is 1. The highest BCUT2D eigenvalue weighted by atomic mass is 127. The third kappa shape index (κ3) is 4.21. The van der Waals surface area contributed by atoms with Gasteiger partial charge in [-0.3, -0.25) is 19.7 Å². The Morgan fingerprint density at radius 1 is 0.969 bits per heavy atom. The van der Waals surface area contributed by atoms with Gasteiger partial charge < -0.3 is 10.1 Å². The van der Waals surface area contributed by atoms with Crippen LogP contribution in [0.1, 0.15) is 31.1 Å². The second-order valence-electron chi connectivity index (χ2n) is 6.80. The average Bonchev–Trinajstić information content (AvgIpc) is 3.04. The number of benzene rings is 3. The molecule has 0 aromatic heterocycles. The minimum Gasteiger partial charge on any atom is -0.494 e. The molecule has 0 radical (unpaired) electrons. The van der Waals surface area contributed by atoms with Crippen LogP contribution < -0.4 is 20.3 Å². The summed E-state index contributed by atoms with van der Waals surface area (Å²) in [6.45, 7) is 0. The van der Waals surface area contributed by atoms with Crippen molar-refractivity contribution >= 4 is 69.0 Å². The molecule has 160 valence electrons. The Morgan fingerprint density at radius 2 is 1.66 bits per heavy atom. The van der Waals surface area contributed by atoms with Gasteiger partial charge in [0, 0.05) is 20.9 Å². The first-order valence-electron chi connectivity index (χ1n) is 9.43. The Balaban J connectivity index is 1.52. The molecule has 0 spiro atoms. The summed E-state index contributed by atoms with van der Waals surface area (Å²) < 4.78 is 6.35. The second-order valence-corrected chi connectivity index (χ2v) is 8.45. The van der Waals surface area contributed by atoms with Crippen molar-refractivity contribution in [3.8, 4) is 5.75 Å². The van der Waals surface area contributed by atoms with Gasteiger partial charge in [-0.1, -0.05) is 18.2 Å². The van der Waals surface area contributed by atoms with Crippen LogP contribution in [0.5, 0.6) is 5.75 Å². The summed E-state index contributed by atoms with van der Waals surface area (Å²) in [5.74, 6) is -0.860. The van der Waals surface area contributed by atoms with Crippen molar-refractivity contribution in [2.75, 3.05) is 17.3 Å². The molecule has 0 atom stereocenters. The SMILES string of the molecule is COc1cc(NC(=S)NC(=O)c2cccc(I)c2)ccc1N1C(=O)c2ccccc2C1=O. The summed E-state index contributed by atoms with van der Waals surface area (Å²) in [6.07, 6.45) is 0. The fourth-order valence-electron chi connectivity index (χ4n) is 3.32. The lowest BCUT2D eigenvalue weighted by molar-refractivity contribution is 0.0922. The van der Waals surface area contributed by atoms with E-state index in [9.17, 15) is 14.4 Å². The Bertz CT molecular complexity index is 1240. The van der Waals surface area contributed by atoms with E-state index in [1.165, 1.54) is 7.11 Å². The molecule has 32 heavy (non-hydrogen) atoms. The molecule has 4 rings (SSSR count). The third-order valence-electron chi connectivity index (χ3n) is 4.79. The number of thiocarbonyl (C=S) groups is 1. The molecule has 0 bridgehead atoms. The molecule has 3 amide bonds. The van der Waals surface area contributed by atoms with E-state index in [0.717, 1.165) is 8.47 Å². The lowest BCUT2D eigenvalue weighted by Gasteiger charge is -2.19. The van der Waals surface area contributed by atoms with Crippen LogP contribution in [0, 0.1) is 3.57 Å². The van der Waals surface area contributed by atoms with Crippen LogP contribution in [0.2, 0.25) is 0 Å². The van der Waals surface area contributed by atoms with E-state index in [1.54, 1.807) is 60.7 Å². The smallest absolute Gasteiger partial charge is 0.266 e. The number of hydrogen-bond donors (Lipinski definition) is 2. The second kappa shape index (κ2) is 9.05. The van der Waals surface area contributed by atoms with Crippen LogP contribution in [0.15, 0.2) is 66.7 Å². The molecule has 1 aliphatic heterocycles. The predicted molar refractivity (Wildman–Crippen MR) is 133 cm³/mol. The van der Waals surface area contributed by atoms with E-state index in [-0.39, 0.29) is 11.0 Å². The maximum absolute atomic E-state index is 12.8. The highest BCUT2D eigenvalue weighted by molar-refractivity contribution is 14.1. The number of nitrogens with one attached hydrogen (secondary N) is 2. The summed E-state index contributed by atoms with van der Waals surface area (Å²) >= 11 is 7.37. The zero-order valence-electron chi connectivity index (χ0n) is 16.7. The highest BCUT2D eigenvalue weighted by Crippen LogP contribution is 2.36. The first-order valence-corrected chi connectivity index (χ1v) is 10.9. The maximum Gasteiger partial charge on any atom is 0.266 e. The minimum absolute atomic E-state index is 0.101. The molecule has 0 saturated heterocycles. The van der Waals surface area contributed by atoms with Crippen LogP contribution in [-0.2, 0) is 0 Å². The van der Waals surface area contributed by atoms with Gasteiger partial charge in [-0.25, -0.2) is 4.90 Å². The lowest BCUT2D eigenvalue weighted by Crippen LogP contribution is -2.34.